The van der Waals surface area contributed by atoms with E-state index in [-0.39, 0.29) is 6.04 Å². The van der Waals surface area contributed by atoms with Crippen LogP contribution in [0.3, 0.4) is 0 Å². The van der Waals surface area contributed by atoms with Gasteiger partial charge in [-0.05, 0) is 61.9 Å². The largest absolute Gasteiger partial charge is 0.494 e. The van der Waals surface area contributed by atoms with E-state index >= 15 is 0 Å². The second-order valence-electron chi connectivity index (χ2n) is 4.79. The van der Waals surface area contributed by atoms with Gasteiger partial charge in [0.15, 0.2) is 0 Å². The van der Waals surface area contributed by atoms with E-state index in [0.29, 0.717) is 18.6 Å². The SMILES string of the molecule is CCOc1cccc(C(Cc2cc(F)ccc2F)NC)c1. The van der Waals surface area contributed by atoms with E-state index in [0.717, 1.165) is 23.4 Å². The van der Waals surface area contributed by atoms with Crippen LogP contribution in [0.15, 0.2) is 42.5 Å². The number of benzene rings is 2. The number of hydrogen-bond donors (Lipinski definition) is 1. The van der Waals surface area contributed by atoms with E-state index in [9.17, 15) is 8.78 Å². The van der Waals surface area contributed by atoms with Crippen LogP contribution in [0.4, 0.5) is 8.78 Å². The van der Waals surface area contributed by atoms with Gasteiger partial charge in [-0.1, -0.05) is 12.1 Å². The van der Waals surface area contributed by atoms with E-state index in [2.05, 4.69) is 5.32 Å². The van der Waals surface area contributed by atoms with Gasteiger partial charge in [0.1, 0.15) is 17.4 Å². The van der Waals surface area contributed by atoms with Gasteiger partial charge in [-0.15, -0.1) is 0 Å². The van der Waals surface area contributed by atoms with E-state index in [4.69, 9.17) is 4.74 Å². The Kier molecular flexibility index (Phi) is 5.28. The molecule has 4 heteroatoms. The number of halogens is 2. The molecule has 0 bridgehead atoms. The lowest BCUT2D eigenvalue weighted by molar-refractivity contribution is 0.339. The van der Waals surface area contributed by atoms with E-state index in [1.807, 2.05) is 31.2 Å². The highest BCUT2D eigenvalue weighted by Gasteiger charge is 2.14. The summed E-state index contributed by atoms with van der Waals surface area (Å²) in [7, 11) is 1.80. The highest BCUT2D eigenvalue weighted by Crippen LogP contribution is 2.24. The van der Waals surface area contributed by atoms with Crippen molar-refractivity contribution in [3.63, 3.8) is 0 Å². The van der Waals surface area contributed by atoms with E-state index in [1.165, 1.54) is 6.07 Å². The Hall–Kier alpha value is -1.94. The summed E-state index contributed by atoms with van der Waals surface area (Å²) < 4.78 is 32.5. The Morgan fingerprint density at radius 2 is 1.95 bits per heavy atom. The lowest BCUT2D eigenvalue weighted by Crippen LogP contribution is -2.19. The molecule has 0 saturated carbocycles. The van der Waals surface area contributed by atoms with Crippen LogP contribution in [0.1, 0.15) is 24.1 Å². The number of nitrogens with one attached hydrogen (secondary N) is 1. The molecule has 0 aromatic heterocycles. The molecule has 0 radical (unpaired) electrons. The molecular weight excluding hydrogens is 272 g/mol. The van der Waals surface area contributed by atoms with Gasteiger partial charge in [-0.25, -0.2) is 8.78 Å². The standard InChI is InChI=1S/C17H19F2NO/c1-3-21-15-6-4-5-12(10-15)17(20-2)11-13-9-14(18)7-8-16(13)19/h4-10,17,20H,3,11H2,1-2H3. The average molecular weight is 291 g/mol. The van der Waals surface area contributed by atoms with Crippen molar-refractivity contribution in [2.24, 2.45) is 0 Å². The maximum Gasteiger partial charge on any atom is 0.126 e. The molecule has 0 heterocycles. The average Bonchev–Trinajstić information content (AvgIpc) is 2.49. The summed E-state index contributed by atoms with van der Waals surface area (Å²) in [5, 5.41) is 3.14. The summed E-state index contributed by atoms with van der Waals surface area (Å²) in [5.74, 6) is -0.0445. The molecule has 0 aliphatic rings. The van der Waals surface area contributed by atoms with Gasteiger partial charge >= 0.3 is 0 Å². The van der Waals surface area contributed by atoms with Crippen LogP contribution < -0.4 is 10.1 Å². The molecule has 1 N–H and O–H groups in total. The van der Waals surface area contributed by atoms with E-state index < -0.39 is 11.6 Å². The second kappa shape index (κ2) is 7.18. The Bertz CT molecular complexity index is 601. The molecule has 0 saturated heterocycles. The lowest BCUT2D eigenvalue weighted by atomic mass is 9.98. The van der Waals surface area contributed by atoms with Crippen molar-refractivity contribution in [2.45, 2.75) is 19.4 Å². The monoisotopic (exact) mass is 291 g/mol. The third-order valence-electron chi connectivity index (χ3n) is 3.35. The van der Waals surface area contributed by atoms with Crippen LogP contribution in [-0.2, 0) is 6.42 Å². The molecule has 0 aliphatic carbocycles. The van der Waals surface area contributed by atoms with Crippen LogP contribution in [0.2, 0.25) is 0 Å². The van der Waals surface area contributed by atoms with Gasteiger partial charge in [0, 0.05) is 6.04 Å². The van der Waals surface area contributed by atoms with Gasteiger partial charge in [0.25, 0.3) is 0 Å². The fourth-order valence-corrected chi connectivity index (χ4v) is 2.29. The van der Waals surface area contributed by atoms with Crippen molar-refractivity contribution in [1.82, 2.24) is 5.32 Å². The van der Waals surface area contributed by atoms with Crippen LogP contribution in [0.25, 0.3) is 0 Å². The molecule has 1 unspecified atom stereocenters. The minimum Gasteiger partial charge on any atom is -0.494 e. The number of ether oxygens (including phenoxy) is 1. The van der Waals surface area contributed by atoms with Gasteiger partial charge in [-0.2, -0.15) is 0 Å². The Balaban J connectivity index is 2.23. The second-order valence-corrected chi connectivity index (χ2v) is 4.79. The molecule has 2 aromatic rings. The molecule has 0 spiro atoms. The number of hydrogen-bond acceptors (Lipinski definition) is 2. The summed E-state index contributed by atoms with van der Waals surface area (Å²) in [6, 6.07) is 11.1. The van der Waals surface area contributed by atoms with Crippen molar-refractivity contribution in [1.29, 1.82) is 0 Å². The van der Waals surface area contributed by atoms with Gasteiger partial charge < -0.3 is 10.1 Å². The maximum atomic E-state index is 13.8. The number of likely N-dealkylation sites (N-methyl/N-ethyl adjacent to an activating group) is 1. The molecule has 0 fully saturated rings. The normalized spacial score (nSPS) is 12.2. The number of rotatable bonds is 6. The minimum atomic E-state index is -0.427. The highest BCUT2D eigenvalue weighted by molar-refractivity contribution is 5.32. The van der Waals surface area contributed by atoms with Gasteiger partial charge in [-0.3, -0.25) is 0 Å². The Labute approximate surface area is 123 Å². The van der Waals surface area contributed by atoms with Crippen molar-refractivity contribution in [3.8, 4) is 5.75 Å². The molecule has 2 rings (SSSR count). The summed E-state index contributed by atoms with van der Waals surface area (Å²) in [6.07, 6.45) is 0.371. The zero-order chi connectivity index (χ0) is 15.2. The summed E-state index contributed by atoms with van der Waals surface area (Å²) in [5.41, 5.74) is 1.34. The lowest BCUT2D eigenvalue weighted by Gasteiger charge is -2.18. The third-order valence-corrected chi connectivity index (χ3v) is 3.35. The van der Waals surface area contributed by atoms with Gasteiger partial charge in [0.2, 0.25) is 0 Å². The fourth-order valence-electron chi connectivity index (χ4n) is 2.29. The molecule has 0 aliphatic heterocycles. The first-order chi connectivity index (χ1) is 10.1. The predicted octanol–water partition coefficient (Wildman–Crippen LogP) is 3.87. The van der Waals surface area contributed by atoms with E-state index in [1.54, 1.807) is 7.05 Å². The molecule has 0 amide bonds. The predicted molar refractivity (Wildman–Crippen MR) is 79.5 cm³/mol. The smallest absolute Gasteiger partial charge is 0.126 e. The molecule has 2 aromatic carbocycles. The maximum absolute atomic E-state index is 13.8. The quantitative estimate of drug-likeness (QED) is 0.872. The van der Waals surface area contributed by atoms with Crippen molar-refractivity contribution < 1.29 is 13.5 Å². The highest BCUT2D eigenvalue weighted by atomic mass is 19.1. The topological polar surface area (TPSA) is 21.3 Å². The molecule has 21 heavy (non-hydrogen) atoms. The molecule has 112 valence electrons. The molecule has 2 nitrogen and oxygen atoms in total. The fraction of sp³-hybridized carbons (Fsp3) is 0.294. The zero-order valence-corrected chi connectivity index (χ0v) is 12.2. The molecule has 1 atom stereocenters. The van der Waals surface area contributed by atoms with Crippen LogP contribution >= 0.6 is 0 Å². The first kappa shape index (κ1) is 15.4. The zero-order valence-electron chi connectivity index (χ0n) is 12.2. The first-order valence-electron chi connectivity index (χ1n) is 6.98. The minimum absolute atomic E-state index is 0.110. The third kappa shape index (κ3) is 4.02. The van der Waals surface area contributed by atoms with Crippen LogP contribution in [0, 0.1) is 11.6 Å². The molecular formula is C17H19F2NO. The first-order valence-corrected chi connectivity index (χ1v) is 6.98. The Morgan fingerprint density at radius 1 is 1.14 bits per heavy atom. The van der Waals surface area contributed by atoms with Crippen molar-refractivity contribution in [3.05, 3.63) is 65.2 Å². The van der Waals surface area contributed by atoms with Crippen molar-refractivity contribution >= 4 is 0 Å². The summed E-state index contributed by atoms with van der Waals surface area (Å²) >= 11 is 0. The van der Waals surface area contributed by atoms with Crippen LogP contribution in [-0.4, -0.2) is 13.7 Å². The van der Waals surface area contributed by atoms with Gasteiger partial charge in [0.05, 0.1) is 6.61 Å². The summed E-state index contributed by atoms with van der Waals surface area (Å²) in [6.45, 7) is 2.51. The summed E-state index contributed by atoms with van der Waals surface area (Å²) in [4.78, 5) is 0. The van der Waals surface area contributed by atoms with Crippen LogP contribution in [0.5, 0.6) is 5.75 Å². The Morgan fingerprint density at radius 3 is 2.67 bits per heavy atom. The van der Waals surface area contributed by atoms with Crippen molar-refractivity contribution in [2.75, 3.05) is 13.7 Å².